The number of aryl methyl sites for hydroxylation is 1. The summed E-state index contributed by atoms with van der Waals surface area (Å²) in [6, 6.07) is 9.23. The van der Waals surface area contributed by atoms with E-state index in [2.05, 4.69) is 30.6 Å². The number of nitro groups is 1. The van der Waals surface area contributed by atoms with Crippen LogP contribution in [0.1, 0.15) is 29.0 Å². The molecule has 0 fully saturated rings. The lowest BCUT2D eigenvalue weighted by Gasteiger charge is -2.13. The number of nitrogens with zero attached hydrogens (tertiary/aromatic N) is 1. The van der Waals surface area contributed by atoms with Crippen LogP contribution in [0, 0.1) is 17.0 Å². The smallest absolute Gasteiger partial charge is 0.269 e. The zero-order chi connectivity index (χ0) is 14.5. The van der Waals surface area contributed by atoms with Gasteiger partial charge in [-0.2, -0.15) is 0 Å². The fraction of sp³-hybridized carbons (Fsp3) is 0.333. The molecule has 2 aromatic rings. The van der Waals surface area contributed by atoms with Crippen LogP contribution < -0.4 is 5.32 Å². The van der Waals surface area contributed by atoms with E-state index in [1.54, 1.807) is 23.5 Å². The lowest BCUT2D eigenvalue weighted by molar-refractivity contribution is -0.384. The molecule has 0 aliphatic rings. The van der Waals surface area contributed by atoms with Crippen LogP contribution in [-0.2, 0) is 6.42 Å². The van der Waals surface area contributed by atoms with Crippen molar-refractivity contribution in [3.63, 3.8) is 0 Å². The molecule has 0 spiro atoms. The zero-order valence-corrected chi connectivity index (χ0v) is 12.4. The maximum absolute atomic E-state index is 10.6. The summed E-state index contributed by atoms with van der Waals surface area (Å²) in [5.41, 5.74) is 2.58. The predicted molar refractivity (Wildman–Crippen MR) is 82.3 cm³/mol. The molecule has 5 heteroatoms. The molecule has 0 aliphatic carbocycles. The van der Waals surface area contributed by atoms with Crippen molar-refractivity contribution in [3.8, 4) is 0 Å². The van der Waals surface area contributed by atoms with Crippen LogP contribution >= 0.6 is 11.3 Å². The van der Waals surface area contributed by atoms with Gasteiger partial charge in [0.2, 0.25) is 0 Å². The predicted octanol–water partition coefficient (Wildman–Crippen LogP) is 3.86. The molecule has 106 valence electrons. The van der Waals surface area contributed by atoms with Crippen molar-refractivity contribution >= 4 is 17.0 Å². The van der Waals surface area contributed by atoms with E-state index in [0.717, 1.165) is 18.5 Å². The van der Waals surface area contributed by atoms with Gasteiger partial charge in [0.25, 0.3) is 5.69 Å². The van der Waals surface area contributed by atoms with Gasteiger partial charge in [-0.25, -0.2) is 0 Å². The van der Waals surface area contributed by atoms with Crippen molar-refractivity contribution in [2.24, 2.45) is 0 Å². The van der Waals surface area contributed by atoms with Gasteiger partial charge < -0.3 is 5.32 Å². The van der Waals surface area contributed by atoms with Gasteiger partial charge in [-0.15, -0.1) is 11.3 Å². The second kappa shape index (κ2) is 6.63. The molecule has 0 radical (unpaired) electrons. The van der Waals surface area contributed by atoms with E-state index in [1.165, 1.54) is 10.4 Å². The van der Waals surface area contributed by atoms with Gasteiger partial charge >= 0.3 is 0 Å². The Balaban J connectivity index is 1.84. The quantitative estimate of drug-likeness (QED) is 0.649. The van der Waals surface area contributed by atoms with E-state index < -0.39 is 0 Å². The molecule has 20 heavy (non-hydrogen) atoms. The highest BCUT2D eigenvalue weighted by Gasteiger charge is 2.09. The number of nitro benzene ring substituents is 1. The van der Waals surface area contributed by atoms with E-state index >= 15 is 0 Å². The van der Waals surface area contributed by atoms with Crippen molar-refractivity contribution in [2.75, 3.05) is 6.54 Å². The minimum absolute atomic E-state index is 0.143. The number of rotatable bonds is 6. The van der Waals surface area contributed by atoms with Crippen LogP contribution in [0.2, 0.25) is 0 Å². The first-order valence-corrected chi connectivity index (χ1v) is 7.46. The maximum Gasteiger partial charge on any atom is 0.269 e. The molecule has 2 rings (SSSR count). The Bertz CT molecular complexity index is 578. The Hall–Kier alpha value is -1.72. The Labute approximate surface area is 122 Å². The van der Waals surface area contributed by atoms with Crippen LogP contribution in [0.4, 0.5) is 5.69 Å². The molecule has 0 saturated carbocycles. The molecule has 0 aliphatic heterocycles. The summed E-state index contributed by atoms with van der Waals surface area (Å²) in [5.74, 6) is 0. The molecule has 4 nitrogen and oxygen atoms in total. The highest BCUT2D eigenvalue weighted by atomic mass is 32.1. The molecular weight excluding hydrogens is 272 g/mol. The van der Waals surface area contributed by atoms with Gasteiger partial charge in [0, 0.05) is 23.1 Å². The Kier molecular flexibility index (Phi) is 4.87. The molecular formula is C15H18N2O2S. The number of hydrogen-bond acceptors (Lipinski definition) is 4. The van der Waals surface area contributed by atoms with Crippen molar-refractivity contribution in [3.05, 3.63) is 61.8 Å². The molecule has 1 aromatic carbocycles. The summed E-state index contributed by atoms with van der Waals surface area (Å²) in [6.45, 7) is 5.14. The minimum atomic E-state index is -0.371. The standard InChI is InChI=1S/C15H18N2O2S/c1-11-8-10-20-15(11)12(2)16-9-7-13-3-5-14(6-4-13)17(18)19/h3-6,8,10,12,16H,7,9H2,1-2H3. The summed E-state index contributed by atoms with van der Waals surface area (Å²) < 4.78 is 0. The van der Waals surface area contributed by atoms with Crippen LogP contribution in [0.15, 0.2) is 35.7 Å². The first-order chi connectivity index (χ1) is 9.58. The molecule has 0 saturated heterocycles. The van der Waals surface area contributed by atoms with Crippen molar-refractivity contribution < 1.29 is 4.92 Å². The van der Waals surface area contributed by atoms with Crippen molar-refractivity contribution in [1.29, 1.82) is 0 Å². The number of hydrogen-bond donors (Lipinski definition) is 1. The largest absolute Gasteiger partial charge is 0.309 e. The van der Waals surface area contributed by atoms with Crippen LogP contribution in [0.3, 0.4) is 0 Å². The summed E-state index contributed by atoms with van der Waals surface area (Å²) >= 11 is 1.77. The first kappa shape index (κ1) is 14.7. The Morgan fingerprint density at radius 1 is 1.30 bits per heavy atom. The second-order valence-corrected chi connectivity index (χ2v) is 5.76. The minimum Gasteiger partial charge on any atom is -0.309 e. The third-order valence-electron chi connectivity index (χ3n) is 3.31. The summed E-state index contributed by atoms with van der Waals surface area (Å²) in [7, 11) is 0. The number of benzene rings is 1. The SMILES string of the molecule is Cc1ccsc1C(C)NCCc1ccc([N+](=O)[O-])cc1. The topological polar surface area (TPSA) is 55.2 Å². The normalized spacial score (nSPS) is 12.3. The van der Waals surface area contributed by atoms with Crippen LogP contribution in [-0.4, -0.2) is 11.5 Å². The molecule has 0 bridgehead atoms. The van der Waals surface area contributed by atoms with E-state index in [0.29, 0.717) is 6.04 Å². The monoisotopic (exact) mass is 290 g/mol. The van der Waals surface area contributed by atoms with Crippen LogP contribution in [0.25, 0.3) is 0 Å². The number of non-ortho nitro benzene ring substituents is 1. The third kappa shape index (κ3) is 3.65. The average molecular weight is 290 g/mol. The lowest BCUT2D eigenvalue weighted by atomic mass is 10.1. The maximum atomic E-state index is 10.6. The summed E-state index contributed by atoms with van der Waals surface area (Å²) in [5, 5.41) is 16.2. The fourth-order valence-electron chi connectivity index (χ4n) is 2.14. The van der Waals surface area contributed by atoms with Gasteiger partial charge in [0.15, 0.2) is 0 Å². The van der Waals surface area contributed by atoms with E-state index in [4.69, 9.17) is 0 Å². The molecule has 1 aromatic heterocycles. The van der Waals surface area contributed by atoms with E-state index in [1.807, 2.05) is 12.1 Å². The van der Waals surface area contributed by atoms with Gasteiger partial charge in [0.05, 0.1) is 4.92 Å². The molecule has 1 unspecified atom stereocenters. The second-order valence-electron chi connectivity index (χ2n) is 4.82. The van der Waals surface area contributed by atoms with Gasteiger partial charge in [-0.1, -0.05) is 12.1 Å². The highest BCUT2D eigenvalue weighted by molar-refractivity contribution is 7.10. The third-order valence-corrected chi connectivity index (χ3v) is 4.51. The van der Waals surface area contributed by atoms with E-state index in [-0.39, 0.29) is 10.6 Å². The Morgan fingerprint density at radius 3 is 2.55 bits per heavy atom. The fourth-order valence-corrected chi connectivity index (χ4v) is 3.10. The zero-order valence-electron chi connectivity index (χ0n) is 11.6. The van der Waals surface area contributed by atoms with Gasteiger partial charge in [-0.05, 0) is 49.4 Å². The van der Waals surface area contributed by atoms with Gasteiger partial charge in [0.1, 0.15) is 0 Å². The summed E-state index contributed by atoms with van der Waals surface area (Å²) in [4.78, 5) is 11.6. The van der Waals surface area contributed by atoms with E-state index in [9.17, 15) is 10.1 Å². The van der Waals surface area contributed by atoms with Crippen LogP contribution in [0.5, 0.6) is 0 Å². The molecule has 1 N–H and O–H groups in total. The first-order valence-electron chi connectivity index (χ1n) is 6.58. The highest BCUT2D eigenvalue weighted by Crippen LogP contribution is 2.23. The van der Waals surface area contributed by atoms with Gasteiger partial charge in [-0.3, -0.25) is 10.1 Å². The molecule has 1 atom stereocenters. The number of nitrogens with one attached hydrogen (secondary N) is 1. The molecule has 0 amide bonds. The van der Waals surface area contributed by atoms with Crippen molar-refractivity contribution in [1.82, 2.24) is 5.32 Å². The summed E-state index contributed by atoms with van der Waals surface area (Å²) in [6.07, 6.45) is 0.868. The Morgan fingerprint density at radius 2 is 2.00 bits per heavy atom. The lowest BCUT2D eigenvalue weighted by Crippen LogP contribution is -2.21. The van der Waals surface area contributed by atoms with Crippen molar-refractivity contribution in [2.45, 2.75) is 26.3 Å². The molecule has 1 heterocycles. The average Bonchev–Trinajstić information content (AvgIpc) is 2.85. The number of thiophene rings is 1.